The predicted molar refractivity (Wildman–Crippen MR) is 217 cm³/mol. The Hall–Kier alpha value is -5.20. The molecule has 17 heteroatoms. The molecule has 2 aromatic rings. The largest absolute Gasteiger partial charge is 0.507 e. The van der Waals surface area contributed by atoms with Crippen LogP contribution in [-0.4, -0.2) is 143 Å². The van der Waals surface area contributed by atoms with Crippen LogP contribution in [0, 0.1) is 17.8 Å². The van der Waals surface area contributed by atoms with Gasteiger partial charge < -0.3 is 59.4 Å². The molecular weight excluding hydrogens is 768 g/mol. The fourth-order valence-electron chi connectivity index (χ4n) is 7.62. The number of aliphatic hydroxyl groups is 2. The number of carbonyl (C=O) groups is 3. The number of aliphatic hydroxyl groups excluding tert-OH is 2. The summed E-state index contributed by atoms with van der Waals surface area (Å²) in [5, 5.41) is 66.3. The van der Waals surface area contributed by atoms with Crippen molar-refractivity contribution in [2.75, 3.05) is 52.8 Å². The lowest BCUT2D eigenvalue weighted by atomic mass is 9.80. The number of nitrogens with one attached hydrogen (secondary N) is 1. The molecule has 5 bridgehead atoms. The lowest BCUT2D eigenvalue weighted by Gasteiger charge is -2.38. The first-order valence-corrected chi connectivity index (χ1v) is 19.4. The maximum Gasteiger partial charge on any atom is 0.312 e. The number of allylic oxidation sites excluding steroid dienone is 2. The van der Waals surface area contributed by atoms with Crippen molar-refractivity contribution in [1.29, 1.82) is 0 Å². The Bertz CT molecular complexity index is 2040. The van der Waals surface area contributed by atoms with Crippen molar-refractivity contribution in [2.24, 2.45) is 22.9 Å². The van der Waals surface area contributed by atoms with E-state index in [1.807, 2.05) is 7.05 Å². The molecule has 17 nitrogen and oxygen atoms in total. The Kier molecular flexibility index (Phi) is 14.0. The monoisotopic (exact) mass is 824 g/mol. The summed E-state index contributed by atoms with van der Waals surface area (Å²) in [4.78, 5) is 42.5. The fourth-order valence-corrected chi connectivity index (χ4v) is 7.62. The highest BCUT2D eigenvalue weighted by Crippen LogP contribution is 2.53. The third kappa shape index (κ3) is 9.18. The zero-order chi connectivity index (χ0) is 43.5. The summed E-state index contributed by atoms with van der Waals surface area (Å²) in [6, 6.07) is 1.10. The lowest BCUT2D eigenvalue weighted by Crippen LogP contribution is -2.50. The fraction of sp³-hybridized carbons (Fsp3) is 0.524. The van der Waals surface area contributed by atoms with Crippen LogP contribution in [0.4, 0.5) is 5.69 Å². The van der Waals surface area contributed by atoms with Gasteiger partial charge in [0, 0.05) is 89.0 Å². The van der Waals surface area contributed by atoms with Gasteiger partial charge in [-0.05, 0) is 20.0 Å². The second-order valence-electron chi connectivity index (χ2n) is 15.6. The predicted octanol–water partition coefficient (Wildman–Crippen LogP) is 3.41. The van der Waals surface area contributed by atoms with Gasteiger partial charge in [0.05, 0.1) is 46.9 Å². The molecule has 322 valence electrons. The summed E-state index contributed by atoms with van der Waals surface area (Å²) in [5.74, 6) is -8.27. The third-order valence-corrected chi connectivity index (χ3v) is 11.4. The summed E-state index contributed by atoms with van der Waals surface area (Å²) in [6.45, 7) is 11.6. The number of anilines is 1. The summed E-state index contributed by atoms with van der Waals surface area (Å²) < 4.78 is 29.1. The molecule has 0 aliphatic carbocycles. The number of ketones is 1. The smallest absolute Gasteiger partial charge is 0.312 e. The number of ether oxygens (including phenoxy) is 5. The van der Waals surface area contributed by atoms with E-state index in [0.29, 0.717) is 26.2 Å². The number of piperazine rings is 1. The molecule has 0 radical (unpaired) electrons. The van der Waals surface area contributed by atoms with Crippen molar-refractivity contribution < 1.29 is 63.6 Å². The van der Waals surface area contributed by atoms with Crippen LogP contribution < -0.4 is 10.1 Å². The number of fused-ring (bicyclic) bond motifs is 14. The van der Waals surface area contributed by atoms with Crippen molar-refractivity contribution in [3.63, 3.8) is 0 Å². The van der Waals surface area contributed by atoms with Crippen LogP contribution in [-0.2, 0) is 28.5 Å². The van der Waals surface area contributed by atoms with Gasteiger partial charge in [0.15, 0.2) is 5.75 Å². The normalized spacial score (nSPS) is 32.1. The Morgan fingerprint density at radius 2 is 1.64 bits per heavy atom. The number of esters is 1. The number of Topliss-reactive ketones (excluding diaryl/α,β-unsaturated/α-hetero) is 1. The van der Waals surface area contributed by atoms with E-state index in [0.717, 1.165) is 12.3 Å². The van der Waals surface area contributed by atoms with Crippen LogP contribution in [0.15, 0.2) is 47.3 Å². The van der Waals surface area contributed by atoms with Gasteiger partial charge >= 0.3 is 11.8 Å². The van der Waals surface area contributed by atoms with Crippen molar-refractivity contribution >= 4 is 40.3 Å². The Labute approximate surface area is 343 Å². The van der Waals surface area contributed by atoms with E-state index in [2.05, 4.69) is 15.3 Å². The number of nitrogens with zero attached hydrogens (tertiary/aromatic N) is 3. The van der Waals surface area contributed by atoms with E-state index in [9.17, 15) is 39.9 Å². The van der Waals surface area contributed by atoms with E-state index >= 15 is 0 Å². The first-order valence-electron chi connectivity index (χ1n) is 19.4. The van der Waals surface area contributed by atoms with Crippen molar-refractivity contribution in [3.05, 3.63) is 53.3 Å². The second kappa shape index (κ2) is 18.4. The summed E-state index contributed by atoms with van der Waals surface area (Å²) in [6.07, 6.45) is 3.05. The second-order valence-corrected chi connectivity index (χ2v) is 15.6. The van der Waals surface area contributed by atoms with Crippen LogP contribution >= 0.6 is 0 Å². The molecule has 0 aromatic heterocycles. The number of phenols is 3. The van der Waals surface area contributed by atoms with Crippen LogP contribution in [0.3, 0.4) is 0 Å². The number of likely N-dealkylation sites (N-methyl/N-ethyl adjacent to an activating group) is 1. The number of methoxy groups -OCH3 is 2. The minimum Gasteiger partial charge on any atom is -0.507 e. The first kappa shape index (κ1) is 44.9. The third-order valence-electron chi connectivity index (χ3n) is 11.4. The molecule has 6 rings (SSSR count). The van der Waals surface area contributed by atoms with Crippen molar-refractivity contribution in [1.82, 2.24) is 9.91 Å². The molecule has 6 N–H and O–H groups in total. The molecule has 2 aromatic carbocycles. The highest BCUT2D eigenvalue weighted by molar-refractivity contribution is 6.23. The summed E-state index contributed by atoms with van der Waals surface area (Å²) >= 11 is 0. The van der Waals surface area contributed by atoms with Crippen molar-refractivity contribution in [3.8, 4) is 23.0 Å². The molecule has 1 amide bonds. The number of carbonyl (C=O) groups excluding carboxylic acids is 3. The van der Waals surface area contributed by atoms with E-state index in [-0.39, 0.29) is 38.9 Å². The number of hydrazone groups is 1. The van der Waals surface area contributed by atoms with E-state index in [1.54, 1.807) is 37.9 Å². The highest BCUT2D eigenvalue weighted by atomic mass is 16.7. The van der Waals surface area contributed by atoms with Gasteiger partial charge in [0.1, 0.15) is 35.6 Å². The molecule has 0 saturated carbocycles. The van der Waals surface area contributed by atoms with Crippen LogP contribution in [0.25, 0.3) is 10.8 Å². The molecule has 1 fully saturated rings. The molecule has 4 heterocycles. The molecular formula is C42H56N4O13. The maximum absolute atomic E-state index is 14.3. The van der Waals surface area contributed by atoms with Crippen LogP contribution in [0.1, 0.15) is 57.5 Å². The van der Waals surface area contributed by atoms with Gasteiger partial charge in [0.25, 0.3) is 11.7 Å². The maximum atomic E-state index is 14.3. The van der Waals surface area contributed by atoms with Gasteiger partial charge in [-0.3, -0.25) is 19.4 Å². The van der Waals surface area contributed by atoms with Crippen molar-refractivity contribution in [2.45, 2.75) is 77.8 Å². The first-order chi connectivity index (χ1) is 27.8. The molecule has 4 aliphatic rings. The Morgan fingerprint density at radius 1 is 0.966 bits per heavy atom. The molecule has 0 unspecified atom stereocenters. The molecule has 1 saturated heterocycles. The van der Waals surface area contributed by atoms with E-state index < -0.39 is 89.0 Å². The van der Waals surface area contributed by atoms with Gasteiger partial charge in [-0.2, -0.15) is 5.10 Å². The number of amides is 1. The minimum absolute atomic E-state index is 0.149. The number of rotatable bonds is 5. The number of benzene rings is 2. The van der Waals surface area contributed by atoms with Crippen LogP contribution in [0.5, 0.6) is 23.0 Å². The van der Waals surface area contributed by atoms with E-state index in [1.165, 1.54) is 53.4 Å². The van der Waals surface area contributed by atoms with Crippen LogP contribution in [0.2, 0.25) is 0 Å². The van der Waals surface area contributed by atoms with E-state index in [4.69, 9.17) is 23.7 Å². The number of aromatic hydroxyl groups is 3. The highest BCUT2D eigenvalue weighted by Gasteiger charge is 2.49. The van der Waals surface area contributed by atoms with Gasteiger partial charge in [0.2, 0.25) is 0 Å². The SMILES string of the molecule is CO[C@H]1[C@@H](OC(C)=O)[C@H](C)[C@H](O)[C@H](C)[C@@H](O)[C@@H](C)/C=C/C=C(/C)C(=O)Nc2c(/C=N/N3CCN(C)CC3)c(O)c3c4c(cc(O)c3c2O)O[C@](C)(O/C=C/[C@@H]1OC)C4=O. The molecule has 59 heavy (non-hydrogen) atoms. The summed E-state index contributed by atoms with van der Waals surface area (Å²) in [5.41, 5.74) is -0.487. The minimum atomic E-state index is -2.08. The Balaban J connectivity index is 1.69. The zero-order valence-corrected chi connectivity index (χ0v) is 34.8. The molecule has 4 aliphatic heterocycles. The standard InChI is InChI=1S/C42H56N4O13/c1-21-11-10-12-22(2)41(54)44-33-26(20-43-46-16-14-45(7)15-17-46)36(51)32-30(37(33)52)27(48)19-29-31(32)40(53)42(6,59-29)57-18-13-28(55-8)39(56-9)38(58-25(5)47)24(4)35(50)23(3)34(21)49/h10-13,18-21,23-24,28,34-35,38-39,48-52H,14-17H2,1-9H3,(H,44,54)/b11-10+,18-13+,22-12-,43-20+/t21-,23+,24+,28-,34-,35+,38-,39+,42-/m0/s1. The summed E-state index contributed by atoms with van der Waals surface area (Å²) in [7, 11) is 4.72. The van der Waals surface area contributed by atoms with Gasteiger partial charge in [-0.15, -0.1) is 0 Å². The van der Waals surface area contributed by atoms with Gasteiger partial charge in [-0.25, -0.2) is 0 Å². The Morgan fingerprint density at radius 3 is 2.27 bits per heavy atom. The zero-order valence-electron chi connectivity index (χ0n) is 34.8. The average molecular weight is 825 g/mol. The number of hydrogen-bond acceptors (Lipinski definition) is 16. The quantitative estimate of drug-likeness (QED) is 0.110. The topological polar surface area (TPSA) is 229 Å². The lowest BCUT2D eigenvalue weighted by molar-refractivity contribution is -0.173. The van der Waals surface area contributed by atoms with Gasteiger partial charge in [-0.1, -0.05) is 39.0 Å². The molecule has 9 atom stereocenters. The molecule has 0 spiro atoms. The number of hydrogen-bond donors (Lipinski definition) is 6. The average Bonchev–Trinajstić information content (AvgIpc) is 3.44. The number of phenolic OH excluding ortho intramolecular Hbond substituents is 3.